The molecule has 1 aliphatic heterocycles. The van der Waals surface area contributed by atoms with Crippen molar-refractivity contribution >= 4 is 16.0 Å². The fourth-order valence-electron chi connectivity index (χ4n) is 3.89. The largest absolute Gasteiger partial charge is 0.462 e. The smallest absolute Gasteiger partial charge is 0.338 e. The van der Waals surface area contributed by atoms with Crippen molar-refractivity contribution in [3.63, 3.8) is 0 Å². The van der Waals surface area contributed by atoms with Gasteiger partial charge in [0.15, 0.2) is 0 Å². The third-order valence-electron chi connectivity index (χ3n) is 5.27. The van der Waals surface area contributed by atoms with Crippen molar-refractivity contribution in [3.8, 4) is 0 Å². The van der Waals surface area contributed by atoms with E-state index in [-0.39, 0.29) is 22.7 Å². The third kappa shape index (κ3) is 5.09. The Hall–Kier alpha value is -1.44. The molecule has 0 spiro atoms. The van der Waals surface area contributed by atoms with Crippen LogP contribution >= 0.6 is 0 Å². The van der Waals surface area contributed by atoms with Crippen LogP contribution in [-0.4, -0.2) is 50.6 Å². The number of carbonyl (C=O) groups is 1. The summed E-state index contributed by atoms with van der Waals surface area (Å²) in [6.07, 6.45) is 5.49. The van der Waals surface area contributed by atoms with Crippen molar-refractivity contribution in [3.05, 3.63) is 29.8 Å². The van der Waals surface area contributed by atoms with Crippen molar-refractivity contribution in [1.29, 1.82) is 0 Å². The van der Waals surface area contributed by atoms with Gasteiger partial charge in [0, 0.05) is 13.1 Å². The summed E-state index contributed by atoms with van der Waals surface area (Å²) in [5.74, 6) is -0.0349. The maximum atomic E-state index is 13.0. The number of hydrogen-bond acceptors (Lipinski definition) is 5. The molecule has 1 saturated heterocycles. The van der Waals surface area contributed by atoms with Crippen molar-refractivity contribution in [2.75, 3.05) is 19.7 Å². The van der Waals surface area contributed by atoms with Crippen LogP contribution < -0.4 is 0 Å². The summed E-state index contributed by atoms with van der Waals surface area (Å²) in [6, 6.07) is 6.14. The van der Waals surface area contributed by atoms with Crippen molar-refractivity contribution in [1.82, 2.24) is 4.31 Å². The SMILES string of the molecule is C[C@H]1CN(S(=O)(=O)c2cccc(C(=O)OCC3CCCCC3)c2)C[C@H](C)O1. The lowest BCUT2D eigenvalue weighted by atomic mass is 9.90. The maximum Gasteiger partial charge on any atom is 0.338 e. The molecular weight excluding hydrogens is 366 g/mol. The van der Waals surface area contributed by atoms with E-state index in [0.29, 0.717) is 25.6 Å². The van der Waals surface area contributed by atoms with Crippen LogP contribution in [0, 0.1) is 5.92 Å². The topological polar surface area (TPSA) is 72.9 Å². The van der Waals surface area contributed by atoms with Crippen LogP contribution in [0.3, 0.4) is 0 Å². The number of ether oxygens (including phenoxy) is 2. The zero-order chi connectivity index (χ0) is 19.4. The molecule has 1 aliphatic carbocycles. The molecule has 0 N–H and O–H groups in total. The van der Waals surface area contributed by atoms with E-state index in [0.717, 1.165) is 12.8 Å². The molecule has 2 fully saturated rings. The molecule has 27 heavy (non-hydrogen) atoms. The van der Waals surface area contributed by atoms with Crippen molar-refractivity contribution in [2.24, 2.45) is 5.92 Å². The van der Waals surface area contributed by atoms with E-state index in [4.69, 9.17) is 9.47 Å². The Morgan fingerprint density at radius 2 is 1.81 bits per heavy atom. The zero-order valence-corrected chi connectivity index (χ0v) is 16.9. The maximum absolute atomic E-state index is 13.0. The first-order chi connectivity index (χ1) is 12.9. The number of sulfonamides is 1. The Morgan fingerprint density at radius 1 is 1.15 bits per heavy atom. The van der Waals surface area contributed by atoms with E-state index in [1.165, 1.54) is 35.7 Å². The number of hydrogen-bond donors (Lipinski definition) is 0. The highest BCUT2D eigenvalue weighted by atomic mass is 32.2. The highest BCUT2D eigenvalue weighted by Gasteiger charge is 2.32. The van der Waals surface area contributed by atoms with Gasteiger partial charge in [0.25, 0.3) is 0 Å². The fourth-order valence-corrected chi connectivity index (χ4v) is 5.53. The summed E-state index contributed by atoms with van der Waals surface area (Å²) in [5.41, 5.74) is 0.279. The first kappa shape index (κ1) is 20.3. The highest BCUT2D eigenvalue weighted by Crippen LogP contribution is 2.25. The second-order valence-electron chi connectivity index (χ2n) is 7.71. The molecule has 3 rings (SSSR count). The van der Waals surface area contributed by atoms with Gasteiger partial charge in [0.1, 0.15) is 0 Å². The Kier molecular flexibility index (Phi) is 6.55. The van der Waals surface area contributed by atoms with Crippen molar-refractivity contribution < 1.29 is 22.7 Å². The lowest BCUT2D eigenvalue weighted by Gasteiger charge is -2.34. The predicted molar refractivity (Wildman–Crippen MR) is 102 cm³/mol. The molecule has 1 heterocycles. The molecule has 150 valence electrons. The zero-order valence-electron chi connectivity index (χ0n) is 16.1. The Balaban J connectivity index is 1.69. The van der Waals surface area contributed by atoms with E-state index >= 15 is 0 Å². The molecule has 0 unspecified atom stereocenters. The first-order valence-corrected chi connectivity index (χ1v) is 11.2. The van der Waals surface area contributed by atoms with Gasteiger partial charge in [0.05, 0.1) is 29.3 Å². The molecule has 2 atom stereocenters. The average molecular weight is 396 g/mol. The number of esters is 1. The van der Waals surface area contributed by atoms with E-state index in [1.54, 1.807) is 12.1 Å². The Labute approximate surface area is 161 Å². The van der Waals surface area contributed by atoms with Crippen LogP contribution in [0.4, 0.5) is 0 Å². The van der Waals surface area contributed by atoms with Gasteiger partial charge in [-0.05, 0) is 50.8 Å². The van der Waals surface area contributed by atoms with Gasteiger partial charge >= 0.3 is 5.97 Å². The second kappa shape index (κ2) is 8.71. The van der Waals surface area contributed by atoms with E-state index in [9.17, 15) is 13.2 Å². The van der Waals surface area contributed by atoms with Crippen LogP contribution in [0.5, 0.6) is 0 Å². The highest BCUT2D eigenvalue weighted by molar-refractivity contribution is 7.89. The molecule has 2 aliphatic rings. The molecule has 0 aromatic heterocycles. The summed E-state index contributed by atoms with van der Waals surface area (Å²) in [7, 11) is -3.67. The van der Waals surface area contributed by atoms with Gasteiger partial charge in [-0.25, -0.2) is 13.2 Å². The Morgan fingerprint density at radius 3 is 2.48 bits per heavy atom. The average Bonchev–Trinajstić information content (AvgIpc) is 2.66. The van der Waals surface area contributed by atoms with Gasteiger partial charge in [-0.2, -0.15) is 4.31 Å². The minimum Gasteiger partial charge on any atom is -0.462 e. The predicted octanol–water partition coefficient (Wildman–Crippen LogP) is 3.22. The summed E-state index contributed by atoms with van der Waals surface area (Å²) < 4.78 is 38.4. The monoisotopic (exact) mass is 395 g/mol. The molecule has 0 radical (unpaired) electrons. The molecular formula is C20H29NO5S. The van der Waals surface area contributed by atoms with Crippen LogP contribution in [0.15, 0.2) is 29.2 Å². The number of morpholine rings is 1. The van der Waals surface area contributed by atoms with Gasteiger partial charge in [-0.15, -0.1) is 0 Å². The minimum atomic E-state index is -3.67. The van der Waals surface area contributed by atoms with Crippen LogP contribution in [0.1, 0.15) is 56.3 Å². The third-order valence-corrected chi connectivity index (χ3v) is 7.10. The molecule has 1 aromatic rings. The van der Waals surface area contributed by atoms with Crippen LogP contribution in [0.2, 0.25) is 0 Å². The van der Waals surface area contributed by atoms with Crippen LogP contribution in [-0.2, 0) is 19.5 Å². The lowest BCUT2D eigenvalue weighted by Crippen LogP contribution is -2.48. The summed E-state index contributed by atoms with van der Waals surface area (Å²) >= 11 is 0. The van der Waals surface area contributed by atoms with Gasteiger partial charge in [-0.1, -0.05) is 25.3 Å². The van der Waals surface area contributed by atoms with Crippen LogP contribution in [0.25, 0.3) is 0 Å². The van der Waals surface area contributed by atoms with Gasteiger partial charge in [-0.3, -0.25) is 0 Å². The van der Waals surface area contributed by atoms with Gasteiger partial charge in [0.2, 0.25) is 10.0 Å². The standard InChI is InChI=1S/C20H29NO5S/c1-15-12-21(13-16(2)26-15)27(23,24)19-10-6-9-18(11-19)20(22)25-14-17-7-4-3-5-8-17/h6,9-11,15-17H,3-5,7-8,12-14H2,1-2H3/t15-,16-/m0/s1. The molecule has 7 heteroatoms. The Bertz CT molecular complexity index is 747. The number of rotatable bonds is 5. The normalized spacial score (nSPS) is 25.3. The fraction of sp³-hybridized carbons (Fsp3) is 0.650. The molecule has 0 amide bonds. The number of carbonyl (C=O) groups excluding carboxylic acids is 1. The summed E-state index contributed by atoms with van der Waals surface area (Å²) in [4.78, 5) is 12.5. The summed E-state index contributed by atoms with van der Waals surface area (Å²) in [5, 5.41) is 0. The molecule has 1 aromatic carbocycles. The minimum absolute atomic E-state index is 0.121. The van der Waals surface area contributed by atoms with E-state index in [2.05, 4.69) is 0 Å². The lowest BCUT2D eigenvalue weighted by molar-refractivity contribution is -0.0440. The first-order valence-electron chi connectivity index (χ1n) is 9.79. The molecule has 0 bridgehead atoms. The molecule has 1 saturated carbocycles. The second-order valence-corrected chi connectivity index (χ2v) is 9.65. The summed E-state index contributed by atoms with van der Waals surface area (Å²) in [6.45, 7) is 4.74. The quantitative estimate of drug-likeness (QED) is 0.716. The molecule has 6 nitrogen and oxygen atoms in total. The number of nitrogens with zero attached hydrogens (tertiary/aromatic N) is 1. The van der Waals surface area contributed by atoms with Crippen molar-refractivity contribution in [2.45, 2.75) is 63.1 Å². The van der Waals surface area contributed by atoms with Gasteiger partial charge < -0.3 is 9.47 Å². The van der Waals surface area contributed by atoms with E-state index < -0.39 is 16.0 Å². The van der Waals surface area contributed by atoms with E-state index in [1.807, 2.05) is 13.8 Å². The number of benzene rings is 1.